The van der Waals surface area contributed by atoms with Gasteiger partial charge in [-0.3, -0.25) is 0 Å². The predicted octanol–water partition coefficient (Wildman–Crippen LogP) is 4.36. The van der Waals surface area contributed by atoms with Crippen LogP contribution in [0, 0.1) is 0 Å². The molecule has 0 aromatic carbocycles. The van der Waals surface area contributed by atoms with E-state index < -0.39 is 5.96 Å². The summed E-state index contributed by atoms with van der Waals surface area (Å²) in [6, 6.07) is 0. The maximum absolute atomic E-state index is 6.43. The van der Waals surface area contributed by atoms with Gasteiger partial charge < -0.3 is 0 Å². The SMILES string of the molecule is CC(C)(CCP(C)(C)(C)Cl)N(Cl)Cl. The molecule has 82 valence electrons. The second-order valence-electron chi connectivity index (χ2n) is 5.44. The Labute approximate surface area is 96.6 Å². The maximum atomic E-state index is 6.43. The summed E-state index contributed by atoms with van der Waals surface area (Å²) in [4.78, 5) is 0. The Morgan fingerprint density at radius 3 is 1.77 bits per heavy atom. The van der Waals surface area contributed by atoms with Crippen molar-refractivity contribution in [3.8, 4) is 0 Å². The summed E-state index contributed by atoms with van der Waals surface area (Å²) in [5.41, 5.74) is -0.205. The zero-order chi connectivity index (χ0) is 10.9. The van der Waals surface area contributed by atoms with E-state index >= 15 is 0 Å². The average Bonchev–Trinajstić information content (AvgIpc) is 1.81. The molecule has 0 rings (SSSR count). The van der Waals surface area contributed by atoms with E-state index in [2.05, 4.69) is 20.0 Å². The van der Waals surface area contributed by atoms with Crippen LogP contribution in [0.3, 0.4) is 0 Å². The minimum absolute atomic E-state index is 0.205. The van der Waals surface area contributed by atoms with Crippen LogP contribution in [0.15, 0.2) is 0 Å². The van der Waals surface area contributed by atoms with Gasteiger partial charge in [-0.25, -0.2) is 0 Å². The van der Waals surface area contributed by atoms with Crippen LogP contribution in [-0.4, -0.2) is 35.6 Å². The van der Waals surface area contributed by atoms with Gasteiger partial charge in [0.05, 0.1) is 0 Å². The van der Waals surface area contributed by atoms with Crippen LogP contribution in [-0.2, 0) is 0 Å². The van der Waals surface area contributed by atoms with E-state index in [1.54, 1.807) is 0 Å². The molecule has 0 spiro atoms. The second kappa shape index (κ2) is 4.02. The van der Waals surface area contributed by atoms with Crippen molar-refractivity contribution in [2.45, 2.75) is 25.8 Å². The van der Waals surface area contributed by atoms with Crippen LogP contribution >= 0.6 is 40.8 Å². The molecular weight excluding hydrogens is 247 g/mol. The van der Waals surface area contributed by atoms with Gasteiger partial charge in [0, 0.05) is 0 Å². The van der Waals surface area contributed by atoms with Crippen molar-refractivity contribution in [1.82, 2.24) is 3.94 Å². The molecule has 5 heteroatoms. The van der Waals surface area contributed by atoms with Crippen molar-refractivity contribution in [2.75, 3.05) is 26.2 Å². The van der Waals surface area contributed by atoms with Crippen molar-refractivity contribution in [1.29, 1.82) is 0 Å². The first-order valence-corrected chi connectivity index (χ1v) is 9.59. The van der Waals surface area contributed by atoms with E-state index in [4.69, 9.17) is 34.8 Å². The Hall–Kier alpha value is 1.26. The van der Waals surface area contributed by atoms with Gasteiger partial charge >= 0.3 is 96.7 Å². The third-order valence-corrected chi connectivity index (χ3v) is 5.09. The molecule has 0 atom stereocenters. The Morgan fingerprint density at radius 1 is 1.15 bits per heavy atom. The van der Waals surface area contributed by atoms with Gasteiger partial charge in [0.25, 0.3) is 0 Å². The van der Waals surface area contributed by atoms with Crippen molar-refractivity contribution in [2.24, 2.45) is 0 Å². The van der Waals surface area contributed by atoms with Crippen LogP contribution in [0.25, 0.3) is 0 Å². The van der Waals surface area contributed by atoms with Crippen LogP contribution in [0.2, 0.25) is 0 Å². The van der Waals surface area contributed by atoms with E-state index in [1.807, 2.05) is 13.8 Å². The molecule has 0 saturated heterocycles. The average molecular weight is 267 g/mol. The Bertz CT molecular complexity index is 174. The molecule has 13 heavy (non-hydrogen) atoms. The standard InChI is InChI=1S/C8H19Cl3NP/c1-8(2,12(9)10)6-7-13(3,4,5)11/h6-7H2,1-5H3. The molecule has 0 heterocycles. The molecule has 0 aromatic rings. The summed E-state index contributed by atoms with van der Waals surface area (Å²) >= 11 is 17.9. The van der Waals surface area contributed by atoms with E-state index in [-0.39, 0.29) is 5.54 Å². The number of rotatable bonds is 4. The molecule has 0 unspecified atom stereocenters. The fourth-order valence-electron chi connectivity index (χ4n) is 0.736. The van der Waals surface area contributed by atoms with E-state index in [1.165, 1.54) is 3.94 Å². The number of hydrogen-bond donors (Lipinski definition) is 0. The molecule has 0 saturated carbocycles. The molecule has 0 aliphatic rings. The van der Waals surface area contributed by atoms with Gasteiger partial charge in [0.15, 0.2) is 0 Å². The van der Waals surface area contributed by atoms with Crippen molar-refractivity contribution < 1.29 is 0 Å². The Kier molecular flexibility index (Phi) is 4.41. The molecule has 0 aliphatic heterocycles. The summed E-state index contributed by atoms with van der Waals surface area (Å²) in [5, 5.41) is 0. The van der Waals surface area contributed by atoms with Gasteiger partial charge in [0.2, 0.25) is 0 Å². The second-order valence-corrected chi connectivity index (χ2v) is 16.3. The predicted molar refractivity (Wildman–Crippen MR) is 67.7 cm³/mol. The van der Waals surface area contributed by atoms with Crippen LogP contribution in [0.1, 0.15) is 20.3 Å². The monoisotopic (exact) mass is 265 g/mol. The van der Waals surface area contributed by atoms with Crippen molar-refractivity contribution in [3.63, 3.8) is 0 Å². The van der Waals surface area contributed by atoms with Gasteiger partial charge in [-0.05, 0) is 0 Å². The first-order chi connectivity index (χ1) is 5.40. The van der Waals surface area contributed by atoms with Gasteiger partial charge in [-0.2, -0.15) is 0 Å². The quantitative estimate of drug-likeness (QED) is 0.540. The Balaban J connectivity index is 4.19. The molecule has 0 N–H and O–H groups in total. The van der Waals surface area contributed by atoms with E-state index in [0.29, 0.717) is 0 Å². The molecule has 0 bridgehead atoms. The van der Waals surface area contributed by atoms with E-state index in [9.17, 15) is 0 Å². The third kappa shape index (κ3) is 7.22. The molecule has 1 nitrogen and oxygen atoms in total. The topological polar surface area (TPSA) is 3.24 Å². The number of halogens is 3. The fraction of sp³-hybridized carbons (Fsp3) is 1.00. The molecule has 0 radical (unpaired) electrons. The third-order valence-electron chi connectivity index (χ3n) is 1.94. The van der Waals surface area contributed by atoms with Crippen LogP contribution < -0.4 is 0 Å². The first kappa shape index (κ1) is 14.3. The zero-order valence-corrected chi connectivity index (χ0v) is 12.1. The number of hydrogen-bond acceptors (Lipinski definition) is 1. The summed E-state index contributed by atoms with van der Waals surface area (Å²) in [5.74, 6) is -1.94. The van der Waals surface area contributed by atoms with Crippen LogP contribution in [0.5, 0.6) is 0 Å². The zero-order valence-electron chi connectivity index (χ0n) is 8.94. The first-order valence-electron chi connectivity index (χ1n) is 4.24. The fourth-order valence-corrected chi connectivity index (χ4v) is 2.46. The molecule has 0 aromatic heterocycles. The molecule has 0 fully saturated rings. The van der Waals surface area contributed by atoms with Gasteiger partial charge in [-0.15, -0.1) is 0 Å². The van der Waals surface area contributed by atoms with Crippen molar-refractivity contribution >= 4 is 40.8 Å². The normalized spacial score (nSPS) is 17.2. The van der Waals surface area contributed by atoms with Crippen LogP contribution in [0.4, 0.5) is 0 Å². The van der Waals surface area contributed by atoms with Crippen molar-refractivity contribution in [3.05, 3.63) is 0 Å². The Morgan fingerprint density at radius 2 is 1.54 bits per heavy atom. The van der Waals surface area contributed by atoms with Gasteiger partial charge in [0.1, 0.15) is 0 Å². The molecule has 0 amide bonds. The summed E-state index contributed by atoms with van der Waals surface area (Å²) < 4.78 is 1.21. The summed E-state index contributed by atoms with van der Waals surface area (Å²) in [7, 11) is 0. The summed E-state index contributed by atoms with van der Waals surface area (Å²) in [6.45, 7) is 10.4. The molecular formula is C8H19Cl3NP. The summed E-state index contributed by atoms with van der Waals surface area (Å²) in [6.07, 6.45) is 1.89. The number of nitrogens with zero attached hydrogens (tertiary/aromatic N) is 1. The molecule has 0 aliphatic carbocycles. The minimum atomic E-state index is -1.94. The van der Waals surface area contributed by atoms with Gasteiger partial charge in [-0.1, -0.05) is 0 Å². The van der Waals surface area contributed by atoms with E-state index in [0.717, 1.165) is 12.6 Å².